The number of aromatic nitrogens is 1. The minimum absolute atomic E-state index is 0.0141. The van der Waals surface area contributed by atoms with Gasteiger partial charge in [0.2, 0.25) is 17.5 Å². The number of aromatic hydroxyl groups is 1. The van der Waals surface area contributed by atoms with E-state index in [2.05, 4.69) is 24.1 Å². The van der Waals surface area contributed by atoms with Crippen molar-refractivity contribution in [1.29, 1.82) is 0 Å². The van der Waals surface area contributed by atoms with Gasteiger partial charge in [-0.15, -0.1) is 0 Å². The lowest BCUT2D eigenvalue weighted by atomic mass is 9.80. The highest BCUT2D eigenvalue weighted by Crippen LogP contribution is 2.40. The molecule has 272 valence electrons. The van der Waals surface area contributed by atoms with Crippen molar-refractivity contribution >= 4 is 44.4 Å². The van der Waals surface area contributed by atoms with Crippen LogP contribution in [-0.4, -0.2) is 92.3 Å². The highest BCUT2D eigenvalue weighted by atomic mass is 33.1. The number of aliphatic carboxylic acids is 1. The maximum absolute atomic E-state index is 13.6. The number of aliphatic hydroxyl groups excluding tert-OH is 1. The lowest BCUT2D eigenvalue weighted by Crippen LogP contribution is -2.72. The molecule has 8 N–H and O–H groups in total. The Morgan fingerprint density at radius 2 is 1.88 bits per heavy atom. The maximum atomic E-state index is 13.6. The predicted octanol–water partition coefficient (Wildman–Crippen LogP) is 3.26. The summed E-state index contributed by atoms with van der Waals surface area (Å²) in [5.74, 6) is -1.67. The van der Waals surface area contributed by atoms with E-state index in [9.17, 15) is 34.8 Å². The van der Waals surface area contributed by atoms with Gasteiger partial charge in [-0.3, -0.25) is 9.59 Å². The highest BCUT2D eigenvalue weighted by molar-refractivity contribution is 8.76. The Morgan fingerprint density at radius 3 is 2.55 bits per heavy atom. The van der Waals surface area contributed by atoms with Gasteiger partial charge in [-0.1, -0.05) is 47.6 Å². The van der Waals surface area contributed by atoms with E-state index in [1.165, 1.54) is 53.3 Å². The molecule has 0 saturated carbocycles. The van der Waals surface area contributed by atoms with Gasteiger partial charge in [-0.25, -0.2) is 4.79 Å². The lowest BCUT2D eigenvalue weighted by Gasteiger charge is -2.48. The molecule has 2 fully saturated rings. The number of hydrogen-bond donors (Lipinski definition) is 7. The molecule has 6 rings (SSSR count). The number of primary amides is 1. The number of H-pyrrole nitrogens is 1. The Balaban J connectivity index is 1.35. The number of aliphatic hydroxyl groups is 2. The van der Waals surface area contributed by atoms with Crippen LogP contribution in [0.1, 0.15) is 35.9 Å². The van der Waals surface area contributed by atoms with Gasteiger partial charge in [0, 0.05) is 30.8 Å². The lowest BCUT2D eigenvalue weighted by molar-refractivity contribution is -0.316. The fraction of sp³-hybridized carbons (Fsp3) is 0.400. The van der Waals surface area contributed by atoms with Gasteiger partial charge in [0.25, 0.3) is 5.91 Å². The number of fused-ring (bicyclic) bond motifs is 2. The number of rotatable bonds is 7. The van der Waals surface area contributed by atoms with E-state index in [1.807, 2.05) is 18.5 Å². The van der Waals surface area contributed by atoms with Crippen LogP contribution in [0, 0.1) is 11.8 Å². The van der Waals surface area contributed by atoms with Crippen LogP contribution in [0.25, 0.3) is 22.1 Å². The Labute approximate surface area is 300 Å². The molecule has 0 spiro atoms. The summed E-state index contributed by atoms with van der Waals surface area (Å²) >= 11 is 0. The second kappa shape index (κ2) is 15.3. The fourth-order valence-corrected chi connectivity index (χ4v) is 8.74. The van der Waals surface area contributed by atoms with Gasteiger partial charge in [0.15, 0.2) is 11.7 Å². The molecule has 7 unspecified atom stereocenters. The zero-order chi connectivity index (χ0) is 36.4. The molecular weight excluding hydrogens is 703 g/mol. The number of ether oxygens (including phenoxy) is 3. The molecule has 4 aromatic rings. The molecule has 2 aliphatic heterocycles. The summed E-state index contributed by atoms with van der Waals surface area (Å²) in [6.45, 7) is 4.50. The van der Waals surface area contributed by atoms with Crippen molar-refractivity contribution in [3.8, 4) is 22.6 Å². The van der Waals surface area contributed by atoms with E-state index < -0.39 is 53.3 Å². The number of phenolic OH excluding ortho intramolecular Hbond substituents is 1. The molecule has 7 atom stereocenters. The Hall–Kier alpha value is -4.03. The van der Waals surface area contributed by atoms with E-state index >= 15 is 0 Å². The number of aromatic amines is 1. The van der Waals surface area contributed by atoms with E-state index in [1.54, 1.807) is 10.8 Å². The van der Waals surface area contributed by atoms with Gasteiger partial charge in [0.05, 0.1) is 10.9 Å². The normalized spacial score (nSPS) is 27.6. The molecule has 1 amide bonds. The van der Waals surface area contributed by atoms with Crippen LogP contribution < -0.4 is 21.2 Å². The molecule has 0 aliphatic carbocycles. The Kier molecular flexibility index (Phi) is 11.0. The summed E-state index contributed by atoms with van der Waals surface area (Å²) in [4.78, 5) is 41.5. The highest BCUT2D eigenvalue weighted by Gasteiger charge is 2.59. The zero-order valence-electron chi connectivity index (χ0n) is 27.7. The first-order valence-corrected chi connectivity index (χ1v) is 18.7. The SMILES string of the molecule is CC(C)C1CNCC2(O)C(Oc3ccc4c(=O)c(-c5ccc(O)cc5)c(C(N)=O)oc4c3)OC(C(=O)O)C(O)C2OCSSCC1c1cc[nH]c1. The van der Waals surface area contributed by atoms with Gasteiger partial charge in [-0.05, 0) is 65.8 Å². The van der Waals surface area contributed by atoms with Gasteiger partial charge in [0.1, 0.15) is 35.2 Å². The molecule has 51 heavy (non-hydrogen) atoms. The van der Waals surface area contributed by atoms with Crippen LogP contribution in [0.3, 0.4) is 0 Å². The predicted molar refractivity (Wildman–Crippen MR) is 191 cm³/mol. The number of carbonyl (C=O) groups excluding carboxylic acids is 1. The average molecular weight is 742 g/mol. The number of benzene rings is 2. The maximum Gasteiger partial charge on any atom is 0.335 e. The number of phenols is 1. The molecule has 4 heterocycles. The number of hydrogen-bond acceptors (Lipinski definition) is 13. The van der Waals surface area contributed by atoms with Crippen LogP contribution in [0.5, 0.6) is 11.5 Å². The van der Waals surface area contributed by atoms with Crippen molar-refractivity contribution in [2.45, 2.75) is 50.0 Å². The van der Waals surface area contributed by atoms with Crippen LogP contribution in [0.2, 0.25) is 0 Å². The zero-order valence-corrected chi connectivity index (χ0v) is 29.3. The summed E-state index contributed by atoms with van der Waals surface area (Å²) in [6, 6.07) is 11.7. The third-order valence-corrected chi connectivity index (χ3v) is 11.5. The summed E-state index contributed by atoms with van der Waals surface area (Å²) in [5.41, 5.74) is 4.17. The summed E-state index contributed by atoms with van der Waals surface area (Å²) < 4.78 is 23.7. The number of nitrogens with two attached hydrogens (primary N) is 1. The number of β-amino-alcohol motifs (C(OH)–C–C–N with tert-alkyl or cyclic N) is 1. The van der Waals surface area contributed by atoms with Gasteiger partial charge in [-0.2, -0.15) is 0 Å². The van der Waals surface area contributed by atoms with E-state index in [-0.39, 0.29) is 58.3 Å². The molecular formula is C35H39N3O11S2. The van der Waals surface area contributed by atoms with Crippen molar-refractivity contribution in [3.05, 3.63) is 82.5 Å². The Bertz CT molecular complexity index is 1920. The van der Waals surface area contributed by atoms with Crippen molar-refractivity contribution in [2.24, 2.45) is 17.6 Å². The van der Waals surface area contributed by atoms with Crippen molar-refractivity contribution in [1.82, 2.24) is 10.3 Å². The smallest absolute Gasteiger partial charge is 0.335 e. The standard InChI is InChI=1S/C35H39N3O11S2/c1-17(2)23-13-38-15-35(45)31(46-16-51-50-14-24(23)19-9-10-37-12-19)28(41)30(33(43)44)49-34(35)47-21-7-8-22-25(11-21)48-29(32(36)42)26(27(22)40)18-3-5-20(39)6-4-18/h3-12,17,23-24,28,30-31,34,37-39,41,45H,13-16H2,1-2H3,(H2,36,42)(H,43,44). The van der Waals surface area contributed by atoms with Crippen LogP contribution in [-0.2, 0) is 14.3 Å². The largest absolute Gasteiger partial charge is 0.508 e. The first kappa shape index (κ1) is 36.8. The van der Waals surface area contributed by atoms with Crippen molar-refractivity contribution < 1.29 is 48.6 Å². The number of carboxylic acid groups (broad SMARTS) is 1. The molecule has 16 heteroatoms. The van der Waals surface area contributed by atoms with Crippen LogP contribution in [0.15, 0.2) is 70.1 Å². The van der Waals surface area contributed by atoms with Gasteiger partial charge >= 0.3 is 5.97 Å². The molecule has 0 bridgehead atoms. The first-order chi connectivity index (χ1) is 24.4. The Morgan fingerprint density at radius 1 is 1.12 bits per heavy atom. The number of carboxylic acids is 1. The second-order valence-corrected chi connectivity index (χ2v) is 15.4. The van der Waals surface area contributed by atoms with Crippen molar-refractivity contribution in [3.63, 3.8) is 0 Å². The quantitative estimate of drug-likeness (QED) is 0.135. The molecule has 14 nitrogen and oxygen atoms in total. The topological polar surface area (TPSA) is 227 Å². The van der Waals surface area contributed by atoms with Gasteiger partial charge < -0.3 is 55.1 Å². The van der Waals surface area contributed by atoms with Crippen LogP contribution in [0.4, 0.5) is 0 Å². The fourth-order valence-electron chi connectivity index (χ4n) is 6.69. The minimum atomic E-state index is -2.13. The average Bonchev–Trinajstić information content (AvgIpc) is 3.62. The summed E-state index contributed by atoms with van der Waals surface area (Å²) in [5, 5.41) is 46.6. The number of nitrogens with one attached hydrogen (secondary N) is 2. The molecule has 2 aromatic carbocycles. The van der Waals surface area contributed by atoms with E-state index in [0.717, 1.165) is 11.3 Å². The molecule has 2 aliphatic rings. The molecule has 0 radical (unpaired) electrons. The second-order valence-electron chi connectivity index (χ2n) is 12.9. The summed E-state index contributed by atoms with van der Waals surface area (Å²) in [6.07, 6.45) is -2.88. The third-order valence-electron chi connectivity index (χ3n) is 9.36. The number of carbonyl (C=O) groups is 2. The van der Waals surface area contributed by atoms with E-state index in [0.29, 0.717) is 12.1 Å². The van der Waals surface area contributed by atoms with Crippen molar-refractivity contribution in [2.75, 3.05) is 24.8 Å². The molecule has 2 saturated heterocycles. The monoisotopic (exact) mass is 741 g/mol. The number of amides is 1. The van der Waals surface area contributed by atoms with E-state index in [4.69, 9.17) is 24.4 Å². The van der Waals surface area contributed by atoms with Crippen LogP contribution >= 0.6 is 21.6 Å². The molecule has 2 aromatic heterocycles. The third kappa shape index (κ3) is 7.48. The minimum Gasteiger partial charge on any atom is -0.508 e. The summed E-state index contributed by atoms with van der Waals surface area (Å²) in [7, 11) is 2.96. The first-order valence-electron chi connectivity index (χ1n) is 16.2.